The second kappa shape index (κ2) is 10.3. The molecule has 31 heavy (non-hydrogen) atoms. The van der Waals surface area contributed by atoms with Crippen LogP contribution >= 0.6 is 0 Å². The van der Waals surface area contributed by atoms with E-state index in [1.54, 1.807) is 5.57 Å². The van der Waals surface area contributed by atoms with Gasteiger partial charge in [-0.25, -0.2) is 0 Å². The summed E-state index contributed by atoms with van der Waals surface area (Å²) >= 11 is 0. The minimum Gasteiger partial charge on any atom is -0.393 e. The van der Waals surface area contributed by atoms with Crippen molar-refractivity contribution in [3.05, 3.63) is 11.6 Å². The number of fused-ring (bicyclic) bond motifs is 5. The second-order valence-electron chi connectivity index (χ2n) is 12.6. The van der Waals surface area contributed by atoms with Gasteiger partial charge in [0.05, 0.1) is 6.10 Å². The number of allylic oxidation sites excluding steroid dienone is 1. The van der Waals surface area contributed by atoms with Gasteiger partial charge in [-0.15, -0.1) is 0 Å². The van der Waals surface area contributed by atoms with Crippen LogP contribution < -0.4 is 5.73 Å². The molecule has 180 valence electrons. The highest BCUT2D eigenvalue weighted by molar-refractivity contribution is 5.25. The normalized spacial score (nSPS) is 42.6. The molecule has 0 aromatic rings. The largest absolute Gasteiger partial charge is 0.393 e. The third kappa shape index (κ3) is 4.96. The van der Waals surface area contributed by atoms with E-state index < -0.39 is 0 Å². The molecule has 0 amide bonds. The molecule has 8 atom stereocenters. The number of nitrogens with two attached hydrogens (primary N) is 1. The van der Waals surface area contributed by atoms with Crippen LogP contribution in [0.15, 0.2) is 11.6 Å². The van der Waals surface area contributed by atoms with Crippen molar-refractivity contribution in [3.63, 3.8) is 0 Å². The molecule has 4 aliphatic carbocycles. The summed E-state index contributed by atoms with van der Waals surface area (Å²) in [5.41, 5.74) is 7.45. The van der Waals surface area contributed by atoms with E-state index in [0.29, 0.717) is 10.8 Å². The maximum Gasteiger partial charge on any atom is 0.0577 e. The summed E-state index contributed by atoms with van der Waals surface area (Å²) in [4.78, 5) is 0. The molecular weight excluding hydrogens is 378 g/mol. The Kier molecular flexibility index (Phi) is 8.39. The summed E-state index contributed by atoms with van der Waals surface area (Å²) in [6.45, 7) is 15.2. The van der Waals surface area contributed by atoms with Gasteiger partial charge in [0, 0.05) is 0 Å². The first-order chi connectivity index (χ1) is 14.7. The average Bonchev–Trinajstić information content (AvgIpc) is 3.06. The highest BCUT2D eigenvalue weighted by Gasteiger charge is 2.59. The molecule has 0 aromatic heterocycles. The Hall–Kier alpha value is -0.340. The van der Waals surface area contributed by atoms with Crippen molar-refractivity contribution >= 4 is 0 Å². The SMILES string of the molecule is CC(C)CCC[C@@H](C)[C@H]1CC[C@H]2[C@@H]3CC=C4C[C@@H](O)CC[C@]4(C)[C@H]3CC[C@]12C.CCN. The first-order valence-electron chi connectivity index (χ1n) is 13.7. The molecule has 3 N–H and O–H groups in total. The van der Waals surface area contributed by atoms with Gasteiger partial charge >= 0.3 is 0 Å². The van der Waals surface area contributed by atoms with E-state index in [1.165, 1.54) is 57.8 Å². The third-order valence-electron chi connectivity index (χ3n) is 10.3. The van der Waals surface area contributed by atoms with Crippen LogP contribution in [0.2, 0.25) is 0 Å². The molecule has 3 saturated carbocycles. The van der Waals surface area contributed by atoms with Crippen LogP contribution in [0.5, 0.6) is 0 Å². The molecular formula is C29H53NO. The van der Waals surface area contributed by atoms with Gasteiger partial charge in [0.2, 0.25) is 0 Å². The lowest BCUT2D eigenvalue weighted by molar-refractivity contribution is -0.0573. The van der Waals surface area contributed by atoms with Crippen molar-refractivity contribution in [1.82, 2.24) is 0 Å². The van der Waals surface area contributed by atoms with Gasteiger partial charge in [0.1, 0.15) is 0 Å². The van der Waals surface area contributed by atoms with Crippen molar-refractivity contribution in [1.29, 1.82) is 0 Å². The predicted octanol–water partition coefficient (Wildman–Crippen LogP) is 7.35. The van der Waals surface area contributed by atoms with Gasteiger partial charge in [-0.2, -0.15) is 0 Å². The Bertz CT molecular complexity index is 612. The van der Waals surface area contributed by atoms with Gasteiger partial charge in [0.15, 0.2) is 0 Å². The zero-order chi connectivity index (χ0) is 22.8. The van der Waals surface area contributed by atoms with Crippen LogP contribution in [0.4, 0.5) is 0 Å². The van der Waals surface area contributed by atoms with Gasteiger partial charge in [0.25, 0.3) is 0 Å². The first-order valence-corrected chi connectivity index (χ1v) is 13.7. The molecule has 0 aromatic carbocycles. The Labute approximate surface area is 193 Å². The van der Waals surface area contributed by atoms with Gasteiger partial charge in [-0.1, -0.05) is 72.5 Å². The fourth-order valence-corrected chi connectivity index (χ4v) is 8.67. The Balaban J connectivity index is 0.000000858. The smallest absolute Gasteiger partial charge is 0.0577 e. The molecule has 4 aliphatic rings. The summed E-state index contributed by atoms with van der Waals surface area (Å²) in [5, 5.41) is 10.2. The average molecular weight is 432 g/mol. The standard InChI is InChI=1S/C27H46O.C2H7N/c1-18(2)7-6-8-19(3)23-11-12-24-22-10-9-20-17-21(28)13-15-26(20,4)25(22)14-16-27(23,24)5;1-2-3/h9,18-19,21-25,28H,6-8,10-17H2,1-5H3;2-3H2,1H3/t19-,21+,22+,23-,24+,25+,26+,27-;/m1./s1. The molecule has 2 heteroatoms. The van der Waals surface area contributed by atoms with E-state index in [2.05, 4.69) is 40.7 Å². The molecule has 0 spiro atoms. The Morgan fingerprint density at radius 1 is 1.03 bits per heavy atom. The fraction of sp³-hybridized carbons (Fsp3) is 0.931. The first kappa shape index (κ1) is 25.3. The molecule has 0 radical (unpaired) electrons. The maximum absolute atomic E-state index is 10.2. The molecule has 0 bridgehead atoms. The van der Waals surface area contributed by atoms with Crippen molar-refractivity contribution in [2.45, 2.75) is 118 Å². The summed E-state index contributed by atoms with van der Waals surface area (Å²) in [5.74, 6) is 5.46. The lowest BCUT2D eigenvalue weighted by Crippen LogP contribution is -2.50. The molecule has 0 aliphatic heterocycles. The maximum atomic E-state index is 10.2. The monoisotopic (exact) mass is 431 g/mol. The minimum absolute atomic E-state index is 0.0766. The fourth-order valence-electron chi connectivity index (χ4n) is 8.67. The minimum atomic E-state index is -0.0766. The predicted molar refractivity (Wildman–Crippen MR) is 134 cm³/mol. The number of hydrogen-bond donors (Lipinski definition) is 2. The number of aliphatic hydroxyl groups excluding tert-OH is 1. The zero-order valence-electron chi connectivity index (χ0n) is 21.6. The van der Waals surface area contributed by atoms with Gasteiger partial charge in [-0.05, 0) is 104 Å². The summed E-state index contributed by atoms with van der Waals surface area (Å²) in [6.07, 6.45) is 17.2. The third-order valence-corrected chi connectivity index (χ3v) is 10.3. The number of rotatable bonds is 5. The van der Waals surface area contributed by atoms with E-state index in [9.17, 15) is 5.11 Å². The van der Waals surface area contributed by atoms with Crippen LogP contribution in [0, 0.1) is 46.3 Å². The molecule has 2 nitrogen and oxygen atoms in total. The summed E-state index contributed by atoms with van der Waals surface area (Å²) in [6, 6.07) is 0. The molecule has 0 heterocycles. The summed E-state index contributed by atoms with van der Waals surface area (Å²) in [7, 11) is 0. The Morgan fingerprint density at radius 3 is 2.42 bits per heavy atom. The lowest BCUT2D eigenvalue weighted by Gasteiger charge is -2.58. The molecule has 0 unspecified atom stereocenters. The van der Waals surface area contributed by atoms with Gasteiger partial charge in [-0.3, -0.25) is 0 Å². The number of aliphatic hydroxyl groups is 1. The van der Waals surface area contributed by atoms with Crippen LogP contribution in [0.1, 0.15) is 112 Å². The van der Waals surface area contributed by atoms with E-state index in [-0.39, 0.29) is 6.10 Å². The quantitative estimate of drug-likeness (QED) is 0.447. The molecule has 0 saturated heterocycles. The van der Waals surface area contributed by atoms with Crippen molar-refractivity contribution in [2.24, 2.45) is 52.1 Å². The highest BCUT2D eigenvalue weighted by Crippen LogP contribution is 2.67. The molecule has 3 fully saturated rings. The van der Waals surface area contributed by atoms with Crippen molar-refractivity contribution < 1.29 is 5.11 Å². The van der Waals surface area contributed by atoms with Crippen LogP contribution in [0.25, 0.3) is 0 Å². The van der Waals surface area contributed by atoms with Crippen LogP contribution in [0.3, 0.4) is 0 Å². The molecule has 4 rings (SSSR count). The lowest BCUT2D eigenvalue weighted by atomic mass is 9.47. The second-order valence-corrected chi connectivity index (χ2v) is 12.6. The van der Waals surface area contributed by atoms with Crippen LogP contribution in [-0.2, 0) is 0 Å². The topological polar surface area (TPSA) is 46.2 Å². The van der Waals surface area contributed by atoms with Crippen molar-refractivity contribution in [3.8, 4) is 0 Å². The highest BCUT2D eigenvalue weighted by atomic mass is 16.3. The number of hydrogen-bond acceptors (Lipinski definition) is 2. The van der Waals surface area contributed by atoms with Gasteiger partial charge < -0.3 is 10.8 Å². The summed E-state index contributed by atoms with van der Waals surface area (Å²) < 4.78 is 0. The van der Waals surface area contributed by atoms with E-state index in [4.69, 9.17) is 5.73 Å². The zero-order valence-corrected chi connectivity index (χ0v) is 21.6. The van der Waals surface area contributed by atoms with Crippen LogP contribution in [-0.4, -0.2) is 17.8 Å². The Morgan fingerprint density at radius 2 is 1.74 bits per heavy atom. The van der Waals surface area contributed by atoms with E-state index >= 15 is 0 Å². The van der Waals surface area contributed by atoms with E-state index in [0.717, 1.165) is 54.9 Å². The van der Waals surface area contributed by atoms with Crippen molar-refractivity contribution in [2.75, 3.05) is 6.54 Å². The van der Waals surface area contributed by atoms with E-state index in [1.807, 2.05) is 6.92 Å².